The summed E-state index contributed by atoms with van der Waals surface area (Å²) in [5, 5.41) is 20.4. The molecule has 0 aromatic heterocycles. The van der Waals surface area contributed by atoms with E-state index in [0.717, 1.165) is 31.7 Å². The van der Waals surface area contributed by atoms with Crippen LogP contribution in [0.3, 0.4) is 0 Å². The van der Waals surface area contributed by atoms with E-state index >= 15 is 0 Å². The number of aromatic carboxylic acids is 1. The van der Waals surface area contributed by atoms with Gasteiger partial charge in [-0.25, -0.2) is 9.18 Å². The molecule has 0 heterocycles. The molecule has 3 N–H and O–H groups in total. The van der Waals surface area contributed by atoms with Crippen molar-refractivity contribution in [2.24, 2.45) is 0 Å². The number of unbranched alkanes of at least 4 members (excludes halogenated alkanes) is 3. The van der Waals surface area contributed by atoms with Gasteiger partial charge in [-0.1, -0.05) is 18.9 Å². The fourth-order valence-electron chi connectivity index (χ4n) is 1.70. The minimum absolute atomic E-state index is 0.195. The Labute approximate surface area is 105 Å². The number of carboxylic acids is 1. The van der Waals surface area contributed by atoms with Crippen LogP contribution in [0.1, 0.15) is 36.0 Å². The number of carbonyl (C=O) groups is 1. The number of rotatable bonds is 8. The molecule has 100 valence electrons. The molecule has 4 nitrogen and oxygen atoms in total. The highest BCUT2D eigenvalue weighted by Gasteiger charge is 2.14. The Morgan fingerprint density at radius 1 is 1.22 bits per heavy atom. The highest BCUT2D eigenvalue weighted by molar-refractivity contribution is 5.94. The maximum atomic E-state index is 13.3. The summed E-state index contributed by atoms with van der Waals surface area (Å²) < 4.78 is 13.3. The van der Waals surface area contributed by atoms with Crippen molar-refractivity contribution >= 4 is 11.7 Å². The van der Waals surface area contributed by atoms with E-state index in [2.05, 4.69) is 5.32 Å². The lowest BCUT2D eigenvalue weighted by Crippen LogP contribution is -2.09. The minimum atomic E-state index is -1.27. The number of aliphatic hydroxyl groups excluding tert-OH is 1. The molecule has 0 saturated heterocycles. The standard InChI is InChI=1S/C13H18FNO3/c14-10-6-5-7-11(12(10)13(17)18)15-8-3-1-2-4-9-16/h5-7,15-16H,1-4,8-9H2,(H,17,18). The van der Waals surface area contributed by atoms with Crippen molar-refractivity contribution in [2.75, 3.05) is 18.5 Å². The zero-order valence-corrected chi connectivity index (χ0v) is 10.2. The highest BCUT2D eigenvalue weighted by atomic mass is 19.1. The molecule has 1 rings (SSSR count). The fourth-order valence-corrected chi connectivity index (χ4v) is 1.70. The van der Waals surface area contributed by atoms with Gasteiger partial charge >= 0.3 is 5.97 Å². The van der Waals surface area contributed by atoms with Crippen molar-refractivity contribution in [3.8, 4) is 0 Å². The van der Waals surface area contributed by atoms with Crippen LogP contribution in [0.15, 0.2) is 18.2 Å². The molecule has 0 saturated carbocycles. The average Bonchev–Trinajstić information content (AvgIpc) is 2.33. The van der Waals surface area contributed by atoms with Crippen molar-refractivity contribution in [1.82, 2.24) is 0 Å². The number of hydrogen-bond donors (Lipinski definition) is 3. The van der Waals surface area contributed by atoms with Crippen molar-refractivity contribution in [2.45, 2.75) is 25.7 Å². The van der Waals surface area contributed by atoms with Gasteiger partial charge in [0.15, 0.2) is 0 Å². The second-order valence-electron chi connectivity index (χ2n) is 4.03. The molecule has 0 amide bonds. The molecule has 0 atom stereocenters. The molecular formula is C13H18FNO3. The van der Waals surface area contributed by atoms with Gasteiger partial charge in [0.05, 0.1) is 5.69 Å². The number of aliphatic hydroxyl groups is 1. The predicted molar refractivity (Wildman–Crippen MR) is 67.4 cm³/mol. The normalized spacial score (nSPS) is 10.3. The summed E-state index contributed by atoms with van der Waals surface area (Å²) in [6.45, 7) is 0.787. The van der Waals surface area contributed by atoms with Crippen molar-refractivity contribution in [1.29, 1.82) is 0 Å². The van der Waals surface area contributed by atoms with Crippen LogP contribution in [0.25, 0.3) is 0 Å². The summed E-state index contributed by atoms with van der Waals surface area (Å²) in [4.78, 5) is 10.9. The number of carboxylic acid groups (broad SMARTS) is 1. The first-order valence-corrected chi connectivity index (χ1v) is 6.03. The van der Waals surface area contributed by atoms with Crippen LogP contribution in [0, 0.1) is 5.82 Å². The van der Waals surface area contributed by atoms with E-state index in [4.69, 9.17) is 10.2 Å². The van der Waals surface area contributed by atoms with Gasteiger partial charge in [-0.05, 0) is 25.0 Å². The van der Waals surface area contributed by atoms with Gasteiger partial charge in [0.2, 0.25) is 0 Å². The van der Waals surface area contributed by atoms with E-state index in [1.807, 2.05) is 0 Å². The van der Waals surface area contributed by atoms with Crippen LogP contribution in [-0.4, -0.2) is 29.3 Å². The molecular weight excluding hydrogens is 237 g/mol. The van der Waals surface area contributed by atoms with Gasteiger partial charge in [0.1, 0.15) is 11.4 Å². The SMILES string of the molecule is O=C(O)c1c(F)cccc1NCCCCCCO. The Morgan fingerprint density at radius 2 is 1.94 bits per heavy atom. The Balaban J connectivity index is 2.47. The fraction of sp³-hybridized carbons (Fsp3) is 0.462. The third kappa shape index (κ3) is 4.33. The summed E-state index contributed by atoms with van der Waals surface area (Å²) in [5.41, 5.74) is -0.00230. The molecule has 1 aromatic carbocycles. The van der Waals surface area contributed by atoms with E-state index in [1.165, 1.54) is 6.07 Å². The van der Waals surface area contributed by atoms with E-state index < -0.39 is 11.8 Å². The summed E-state index contributed by atoms with van der Waals surface area (Å²) in [7, 11) is 0. The van der Waals surface area contributed by atoms with Crippen molar-refractivity contribution < 1.29 is 19.4 Å². The summed E-state index contributed by atoms with van der Waals surface area (Å²) in [6.07, 6.45) is 3.52. The number of anilines is 1. The van der Waals surface area contributed by atoms with Gasteiger partial charge in [0, 0.05) is 13.2 Å². The largest absolute Gasteiger partial charge is 0.478 e. The monoisotopic (exact) mass is 255 g/mol. The van der Waals surface area contributed by atoms with E-state index in [9.17, 15) is 9.18 Å². The summed E-state index contributed by atoms with van der Waals surface area (Å²) in [5.74, 6) is -2.00. The zero-order valence-electron chi connectivity index (χ0n) is 10.2. The van der Waals surface area contributed by atoms with Crippen LogP contribution in [0.4, 0.5) is 10.1 Å². The Kier molecular flexibility index (Phi) is 6.14. The molecule has 1 aromatic rings. The van der Waals surface area contributed by atoms with E-state index in [1.54, 1.807) is 6.07 Å². The average molecular weight is 255 g/mol. The maximum Gasteiger partial charge on any atom is 0.340 e. The molecule has 0 aliphatic heterocycles. The number of hydrogen-bond acceptors (Lipinski definition) is 3. The lowest BCUT2D eigenvalue weighted by molar-refractivity contribution is 0.0693. The van der Waals surface area contributed by atoms with Gasteiger partial charge in [-0.3, -0.25) is 0 Å². The minimum Gasteiger partial charge on any atom is -0.478 e. The molecule has 0 bridgehead atoms. The zero-order chi connectivity index (χ0) is 13.4. The van der Waals surface area contributed by atoms with E-state index in [0.29, 0.717) is 12.2 Å². The van der Waals surface area contributed by atoms with Crippen LogP contribution >= 0.6 is 0 Å². The summed E-state index contributed by atoms with van der Waals surface area (Å²) in [6, 6.07) is 4.17. The summed E-state index contributed by atoms with van der Waals surface area (Å²) >= 11 is 0. The van der Waals surface area contributed by atoms with Crippen LogP contribution in [-0.2, 0) is 0 Å². The topological polar surface area (TPSA) is 69.6 Å². The first-order chi connectivity index (χ1) is 8.66. The van der Waals surface area contributed by atoms with Gasteiger partial charge in [-0.15, -0.1) is 0 Å². The van der Waals surface area contributed by atoms with Gasteiger partial charge in [0.25, 0.3) is 0 Å². The first-order valence-electron chi connectivity index (χ1n) is 6.03. The van der Waals surface area contributed by atoms with Crippen LogP contribution < -0.4 is 5.32 Å². The molecule has 18 heavy (non-hydrogen) atoms. The van der Waals surface area contributed by atoms with Crippen molar-refractivity contribution in [3.63, 3.8) is 0 Å². The molecule has 0 radical (unpaired) electrons. The smallest absolute Gasteiger partial charge is 0.340 e. The molecule has 5 heteroatoms. The van der Waals surface area contributed by atoms with Gasteiger partial charge < -0.3 is 15.5 Å². The Morgan fingerprint density at radius 3 is 2.61 bits per heavy atom. The lowest BCUT2D eigenvalue weighted by atomic mass is 10.1. The second-order valence-corrected chi connectivity index (χ2v) is 4.03. The first kappa shape index (κ1) is 14.4. The molecule has 0 unspecified atom stereocenters. The second kappa shape index (κ2) is 7.66. The number of nitrogens with one attached hydrogen (secondary N) is 1. The molecule has 0 aliphatic carbocycles. The molecule has 0 spiro atoms. The predicted octanol–water partition coefficient (Wildman–Crippen LogP) is 2.49. The van der Waals surface area contributed by atoms with Gasteiger partial charge in [-0.2, -0.15) is 0 Å². The third-order valence-electron chi connectivity index (χ3n) is 2.63. The van der Waals surface area contributed by atoms with E-state index in [-0.39, 0.29) is 12.2 Å². The highest BCUT2D eigenvalue weighted by Crippen LogP contribution is 2.19. The number of benzene rings is 1. The number of halogens is 1. The molecule has 0 aliphatic rings. The Bertz CT molecular complexity index is 396. The lowest BCUT2D eigenvalue weighted by Gasteiger charge is -2.09. The maximum absolute atomic E-state index is 13.3. The third-order valence-corrected chi connectivity index (χ3v) is 2.63. The Hall–Kier alpha value is -1.62. The molecule has 0 fully saturated rings. The quantitative estimate of drug-likeness (QED) is 0.624. The van der Waals surface area contributed by atoms with Crippen LogP contribution in [0.5, 0.6) is 0 Å². The van der Waals surface area contributed by atoms with Crippen LogP contribution in [0.2, 0.25) is 0 Å². The van der Waals surface area contributed by atoms with Crippen molar-refractivity contribution in [3.05, 3.63) is 29.6 Å².